The van der Waals surface area contributed by atoms with Crippen LogP contribution in [0.5, 0.6) is 0 Å². The average molecular weight is 210 g/mol. The van der Waals surface area contributed by atoms with Crippen molar-refractivity contribution in [1.29, 1.82) is 0 Å². The highest BCUT2D eigenvalue weighted by atomic mass is 14.9. The lowest BCUT2D eigenvalue weighted by Gasteiger charge is -2.41. The molecule has 2 aliphatic rings. The maximum Gasteiger partial charge on any atom is 0.00792 e. The lowest BCUT2D eigenvalue weighted by Crippen LogP contribution is -2.40. The van der Waals surface area contributed by atoms with Gasteiger partial charge in [0.25, 0.3) is 0 Å². The first-order chi connectivity index (χ1) is 7.26. The van der Waals surface area contributed by atoms with Crippen LogP contribution in [0, 0.1) is 11.3 Å². The van der Waals surface area contributed by atoms with Crippen LogP contribution in [0.3, 0.4) is 0 Å². The largest absolute Gasteiger partial charge is 0.327 e. The third kappa shape index (κ3) is 2.94. The van der Waals surface area contributed by atoms with Crippen LogP contribution in [0.1, 0.15) is 51.9 Å². The second-order valence-corrected chi connectivity index (χ2v) is 5.67. The highest BCUT2D eigenvalue weighted by Crippen LogP contribution is 2.43. The zero-order valence-electron chi connectivity index (χ0n) is 10.1. The fraction of sp³-hybridized carbons (Fsp3) is 1.00. The van der Waals surface area contributed by atoms with Gasteiger partial charge in [-0.3, -0.25) is 0 Å². The molecule has 1 atom stereocenters. The highest BCUT2D eigenvalue weighted by Gasteiger charge is 2.34. The Bertz CT molecular complexity index is 189. The molecule has 0 aromatic carbocycles. The molecule has 2 nitrogen and oxygen atoms in total. The molecule has 88 valence electrons. The van der Waals surface area contributed by atoms with Gasteiger partial charge in [0.15, 0.2) is 0 Å². The Hall–Kier alpha value is -0.0800. The van der Waals surface area contributed by atoms with Crippen molar-refractivity contribution in [3.63, 3.8) is 0 Å². The standard InChI is InChI=1S/C13H26N2/c1-2-13(7-3-8-13)10-15-9-6-12(14)11-4-5-11/h11-12,15H,2-10,14H2,1H3. The predicted octanol–water partition coefficient (Wildman–Crippen LogP) is 2.28. The van der Waals surface area contributed by atoms with E-state index in [-0.39, 0.29) is 0 Å². The summed E-state index contributed by atoms with van der Waals surface area (Å²) in [5.41, 5.74) is 6.72. The molecule has 15 heavy (non-hydrogen) atoms. The van der Waals surface area contributed by atoms with Gasteiger partial charge in [0.05, 0.1) is 0 Å². The van der Waals surface area contributed by atoms with E-state index in [9.17, 15) is 0 Å². The van der Waals surface area contributed by atoms with Gasteiger partial charge in [-0.1, -0.05) is 13.3 Å². The molecule has 0 radical (unpaired) electrons. The molecular formula is C13H26N2. The van der Waals surface area contributed by atoms with Gasteiger partial charge in [0.1, 0.15) is 0 Å². The van der Waals surface area contributed by atoms with Gasteiger partial charge in [-0.25, -0.2) is 0 Å². The minimum atomic E-state index is 0.469. The van der Waals surface area contributed by atoms with Crippen molar-refractivity contribution in [2.45, 2.75) is 57.9 Å². The second-order valence-electron chi connectivity index (χ2n) is 5.67. The summed E-state index contributed by atoms with van der Waals surface area (Å²) in [6.45, 7) is 4.68. The molecule has 2 aliphatic carbocycles. The summed E-state index contributed by atoms with van der Waals surface area (Å²) in [6, 6.07) is 0.469. The molecule has 0 aromatic rings. The molecule has 2 saturated carbocycles. The van der Waals surface area contributed by atoms with E-state index in [4.69, 9.17) is 5.73 Å². The maximum absolute atomic E-state index is 6.07. The van der Waals surface area contributed by atoms with E-state index < -0.39 is 0 Å². The van der Waals surface area contributed by atoms with Gasteiger partial charge >= 0.3 is 0 Å². The summed E-state index contributed by atoms with van der Waals surface area (Å²) in [5, 5.41) is 3.61. The fourth-order valence-electron chi connectivity index (χ4n) is 2.71. The van der Waals surface area contributed by atoms with Crippen LogP contribution in [-0.2, 0) is 0 Å². The van der Waals surface area contributed by atoms with E-state index in [2.05, 4.69) is 12.2 Å². The molecule has 2 fully saturated rings. The van der Waals surface area contributed by atoms with Crippen molar-refractivity contribution in [2.75, 3.05) is 13.1 Å². The molecule has 0 bridgehead atoms. The Morgan fingerprint density at radius 2 is 2.13 bits per heavy atom. The van der Waals surface area contributed by atoms with Gasteiger partial charge in [-0.15, -0.1) is 0 Å². The molecule has 2 rings (SSSR count). The minimum absolute atomic E-state index is 0.469. The fourth-order valence-corrected chi connectivity index (χ4v) is 2.71. The van der Waals surface area contributed by atoms with Crippen molar-refractivity contribution in [1.82, 2.24) is 5.32 Å². The summed E-state index contributed by atoms with van der Waals surface area (Å²) in [5.74, 6) is 0.857. The Morgan fingerprint density at radius 3 is 2.60 bits per heavy atom. The Morgan fingerprint density at radius 1 is 1.40 bits per heavy atom. The molecule has 0 spiro atoms. The molecule has 0 aliphatic heterocycles. The summed E-state index contributed by atoms with van der Waals surface area (Å²) in [6.07, 6.45) is 9.58. The van der Waals surface area contributed by atoms with E-state index in [1.54, 1.807) is 0 Å². The SMILES string of the molecule is CCC1(CNCCC(N)C2CC2)CCC1. The molecule has 0 saturated heterocycles. The molecular weight excluding hydrogens is 184 g/mol. The minimum Gasteiger partial charge on any atom is -0.327 e. The molecule has 0 aromatic heterocycles. The second kappa shape index (κ2) is 4.84. The van der Waals surface area contributed by atoms with E-state index >= 15 is 0 Å². The van der Waals surface area contributed by atoms with Gasteiger partial charge in [0.2, 0.25) is 0 Å². The highest BCUT2D eigenvalue weighted by molar-refractivity contribution is 4.89. The third-order valence-corrected chi connectivity index (χ3v) is 4.55. The number of nitrogens with one attached hydrogen (secondary N) is 1. The average Bonchev–Trinajstić information content (AvgIpc) is 2.98. The van der Waals surface area contributed by atoms with Crippen molar-refractivity contribution in [3.05, 3.63) is 0 Å². The normalized spacial score (nSPS) is 26.0. The van der Waals surface area contributed by atoms with Crippen LogP contribution in [0.2, 0.25) is 0 Å². The number of hydrogen-bond acceptors (Lipinski definition) is 2. The monoisotopic (exact) mass is 210 g/mol. The van der Waals surface area contributed by atoms with Gasteiger partial charge in [-0.2, -0.15) is 0 Å². The molecule has 0 heterocycles. The topological polar surface area (TPSA) is 38.0 Å². The zero-order valence-corrected chi connectivity index (χ0v) is 10.1. The summed E-state index contributed by atoms with van der Waals surface area (Å²) < 4.78 is 0. The van der Waals surface area contributed by atoms with E-state index in [1.165, 1.54) is 51.5 Å². The zero-order chi connectivity index (χ0) is 10.7. The van der Waals surface area contributed by atoms with Crippen molar-refractivity contribution in [2.24, 2.45) is 17.1 Å². The summed E-state index contributed by atoms with van der Waals surface area (Å²) in [4.78, 5) is 0. The van der Waals surface area contributed by atoms with E-state index in [0.29, 0.717) is 11.5 Å². The van der Waals surface area contributed by atoms with Crippen molar-refractivity contribution >= 4 is 0 Å². The van der Waals surface area contributed by atoms with Crippen LogP contribution in [0.4, 0.5) is 0 Å². The van der Waals surface area contributed by atoms with Crippen molar-refractivity contribution < 1.29 is 0 Å². The molecule has 0 amide bonds. The Kier molecular flexibility index (Phi) is 3.68. The first kappa shape index (κ1) is 11.4. The van der Waals surface area contributed by atoms with Gasteiger partial charge in [0, 0.05) is 12.6 Å². The summed E-state index contributed by atoms with van der Waals surface area (Å²) in [7, 11) is 0. The van der Waals surface area contributed by atoms with Crippen LogP contribution in [0.25, 0.3) is 0 Å². The van der Waals surface area contributed by atoms with Gasteiger partial charge < -0.3 is 11.1 Å². The Balaban J connectivity index is 1.54. The third-order valence-electron chi connectivity index (χ3n) is 4.55. The lowest BCUT2D eigenvalue weighted by molar-refractivity contribution is 0.124. The number of hydrogen-bond donors (Lipinski definition) is 2. The van der Waals surface area contributed by atoms with Crippen LogP contribution >= 0.6 is 0 Å². The molecule has 3 N–H and O–H groups in total. The Labute approximate surface area is 94.0 Å². The molecule has 1 unspecified atom stereocenters. The van der Waals surface area contributed by atoms with Crippen LogP contribution in [0.15, 0.2) is 0 Å². The smallest absolute Gasteiger partial charge is 0.00792 e. The van der Waals surface area contributed by atoms with Crippen molar-refractivity contribution in [3.8, 4) is 0 Å². The quantitative estimate of drug-likeness (QED) is 0.633. The summed E-state index contributed by atoms with van der Waals surface area (Å²) >= 11 is 0. The first-order valence-corrected chi connectivity index (χ1v) is 6.72. The predicted molar refractivity (Wildman–Crippen MR) is 64.8 cm³/mol. The van der Waals surface area contributed by atoms with Crippen LogP contribution < -0.4 is 11.1 Å². The lowest BCUT2D eigenvalue weighted by atomic mass is 9.67. The van der Waals surface area contributed by atoms with Crippen LogP contribution in [-0.4, -0.2) is 19.1 Å². The first-order valence-electron chi connectivity index (χ1n) is 6.72. The van der Waals surface area contributed by atoms with E-state index in [0.717, 1.165) is 12.5 Å². The van der Waals surface area contributed by atoms with Gasteiger partial charge in [-0.05, 0) is 56.4 Å². The molecule has 2 heteroatoms. The number of rotatable bonds is 7. The number of nitrogens with two attached hydrogens (primary N) is 1. The maximum atomic E-state index is 6.07. The van der Waals surface area contributed by atoms with E-state index in [1.807, 2.05) is 0 Å².